The Hall–Kier alpha value is -1.09. The van der Waals surface area contributed by atoms with E-state index in [9.17, 15) is 13.2 Å². The molecule has 0 unspecified atom stereocenters. The summed E-state index contributed by atoms with van der Waals surface area (Å²) in [6, 6.07) is -0.177. The van der Waals surface area contributed by atoms with Gasteiger partial charge in [0.1, 0.15) is 6.33 Å². The lowest BCUT2D eigenvalue weighted by molar-refractivity contribution is -0.130. The molecule has 7 nitrogen and oxygen atoms in total. The maximum atomic E-state index is 12.4. The molecule has 0 radical (unpaired) electrons. The van der Waals surface area contributed by atoms with Crippen molar-refractivity contribution in [1.29, 1.82) is 0 Å². The van der Waals surface area contributed by atoms with Crippen LogP contribution in [0.4, 0.5) is 0 Å². The Balaban J connectivity index is 1.96. The Bertz CT molecular complexity index is 559. The van der Waals surface area contributed by atoms with E-state index in [2.05, 4.69) is 22.1 Å². The summed E-state index contributed by atoms with van der Waals surface area (Å²) in [4.78, 5) is 18.1. The first-order valence-electron chi connectivity index (χ1n) is 7.00. The number of sulfone groups is 1. The van der Waals surface area contributed by atoms with Crippen LogP contribution < -0.4 is 0 Å². The van der Waals surface area contributed by atoms with Crippen molar-refractivity contribution in [2.45, 2.75) is 37.4 Å². The number of carbonyl (C=O) groups excluding carboxylic acids is 1. The van der Waals surface area contributed by atoms with E-state index in [0.29, 0.717) is 18.1 Å². The van der Waals surface area contributed by atoms with Gasteiger partial charge < -0.3 is 4.90 Å². The van der Waals surface area contributed by atoms with E-state index in [4.69, 9.17) is 0 Å². The molecule has 0 saturated carbocycles. The van der Waals surface area contributed by atoms with Crippen LogP contribution in [0.1, 0.15) is 26.2 Å². The predicted octanol–water partition coefficient (Wildman–Crippen LogP) is 0.713. The van der Waals surface area contributed by atoms with Crippen molar-refractivity contribution >= 4 is 27.5 Å². The number of nitrogens with zero attached hydrogens (tertiary/aromatic N) is 3. The highest BCUT2D eigenvalue weighted by molar-refractivity contribution is 7.99. The Labute approximate surface area is 128 Å². The molecular weight excluding hydrogens is 312 g/mol. The normalized spacial score (nSPS) is 20.5. The predicted molar refractivity (Wildman–Crippen MR) is 80.8 cm³/mol. The summed E-state index contributed by atoms with van der Waals surface area (Å²) < 4.78 is 23.2. The maximum absolute atomic E-state index is 12.4. The van der Waals surface area contributed by atoms with Crippen LogP contribution >= 0.6 is 11.8 Å². The van der Waals surface area contributed by atoms with E-state index in [1.54, 1.807) is 4.90 Å². The molecule has 1 aliphatic rings. The summed E-state index contributed by atoms with van der Waals surface area (Å²) in [7, 11) is -2.99. The van der Waals surface area contributed by atoms with Crippen LogP contribution in [-0.2, 0) is 14.6 Å². The average Bonchev–Trinajstić information content (AvgIpc) is 3.06. The van der Waals surface area contributed by atoms with Crippen molar-refractivity contribution in [1.82, 2.24) is 20.1 Å². The van der Waals surface area contributed by atoms with Gasteiger partial charge in [-0.25, -0.2) is 13.4 Å². The molecule has 1 fully saturated rings. The number of nitrogens with one attached hydrogen (secondary N) is 1. The van der Waals surface area contributed by atoms with Gasteiger partial charge in [-0.05, 0) is 12.8 Å². The molecule has 0 aromatic carbocycles. The van der Waals surface area contributed by atoms with Crippen LogP contribution in [0, 0.1) is 0 Å². The number of aromatic amines is 1. The van der Waals surface area contributed by atoms with Gasteiger partial charge in [0.05, 0.1) is 17.3 Å². The Morgan fingerprint density at radius 3 is 2.95 bits per heavy atom. The highest BCUT2D eigenvalue weighted by atomic mass is 32.2. The second-order valence-electron chi connectivity index (χ2n) is 5.08. The van der Waals surface area contributed by atoms with Crippen LogP contribution in [-0.4, -0.2) is 64.3 Å². The third-order valence-electron chi connectivity index (χ3n) is 3.45. The molecule has 9 heteroatoms. The first-order valence-corrected chi connectivity index (χ1v) is 9.80. The topological polar surface area (TPSA) is 96.0 Å². The summed E-state index contributed by atoms with van der Waals surface area (Å²) >= 11 is 1.29. The Kier molecular flexibility index (Phi) is 5.63. The van der Waals surface area contributed by atoms with Gasteiger partial charge in [0.15, 0.2) is 15.0 Å². The van der Waals surface area contributed by atoms with Crippen LogP contribution in [0.2, 0.25) is 0 Å². The third-order valence-corrected chi connectivity index (χ3v) is 6.06. The smallest absolute Gasteiger partial charge is 0.233 e. The number of unbranched alkanes of at least 4 members (excludes halogenated alkanes) is 1. The molecule has 1 aromatic heterocycles. The standard InChI is InChI=1S/C12H20N4O3S2/c1-2-3-5-16(10-4-6-21(18,19)8-10)11(17)7-20-12-13-9-14-15-12/h9-10H,2-8H2,1H3,(H,13,14,15)/t10-/m0/s1. The Morgan fingerprint density at radius 1 is 1.57 bits per heavy atom. The molecular formula is C12H20N4O3S2. The van der Waals surface area contributed by atoms with E-state index in [1.165, 1.54) is 18.1 Å². The molecule has 0 spiro atoms. The van der Waals surface area contributed by atoms with Gasteiger partial charge in [-0.2, -0.15) is 5.10 Å². The lowest BCUT2D eigenvalue weighted by Gasteiger charge is -2.28. The van der Waals surface area contributed by atoms with Crippen LogP contribution in [0.25, 0.3) is 0 Å². The van der Waals surface area contributed by atoms with Crippen LogP contribution in [0.3, 0.4) is 0 Å². The molecule has 2 rings (SSSR count). The minimum atomic E-state index is -2.99. The third kappa shape index (κ3) is 4.70. The van der Waals surface area contributed by atoms with E-state index in [1.807, 2.05) is 0 Å². The van der Waals surface area contributed by atoms with Crippen molar-refractivity contribution in [2.24, 2.45) is 0 Å². The quantitative estimate of drug-likeness (QED) is 0.739. The number of carbonyl (C=O) groups is 1. The molecule has 1 saturated heterocycles. The highest BCUT2D eigenvalue weighted by Gasteiger charge is 2.34. The van der Waals surface area contributed by atoms with Gasteiger partial charge in [-0.1, -0.05) is 25.1 Å². The molecule has 1 aliphatic heterocycles. The second kappa shape index (κ2) is 7.26. The van der Waals surface area contributed by atoms with Gasteiger partial charge >= 0.3 is 0 Å². The molecule has 21 heavy (non-hydrogen) atoms. The number of thioether (sulfide) groups is 1. The van der Waals surface area contributed by atoms with Gasteiger partial charge in [0.25, 0.3) is 0 Å². The first-order chi connectivity index (χ1) is 10.0. The van der Waals surface area contributed by atoms with Crippen molar-refractivity contribution < 1.29 is 13.2 Å². The highest BCUT2D eigenvalue weighted by Crippen LogP contribution is 2.20. The van der Waals surface area contributed by atoms with Crippen LogP contribution in [0.5, 0.6) is 0 Å². The minimum absolute atomic E-state index is 0.0352. The number of aromatic nitrogens is 3. The first kappa shape index (κ1) is 16.3. The average molecular weight is 332 g/mol. The zero-order valence-corrected chi connectivity index (χ0v) is 13.6. The van der Waals surface area contributed by atoms with Crippen molar-refractivity contribution in [2.75, 3.05) is 23.8 Å². The molecule has 1 atom stereocenters. The van der Waals surface area contributed by atoms with Crippen molar-refractivity contribution in [3.8, 4) is 0 Å². The van der Waals surface area contributed by atoms with Crippen LogP contribution in [0.15, 0.2) is 11.5 Å². The summed E-state index contributed by atoms with van der Waals surface area (Å²) in [5, 5.41) is 7.02. The minimum Gasteiger partial charge on any atom is -0.338 e. The fourth-order valence-electron chi connectivity index (χ4n) is 2.34. The molecule has 1 amide bonds. The summed E-state index contributed by atoms with van der Waals surface area (Å²) in [5.74, 6) is 0.486. The van der Waals surface area contributed by atoms with Gasteiger partial charge in [0, 0.05) is 12.6 Å². The number of amides is 1. The maximum Gasteiger partial charge on any atom is 0.233 e. The van der Waals surface area contributed by atoms with Crippen molar-refractivity contribution in [3.05, 3.63) is 6.33 Å². The molecule has 0 aliphatic carbocycles. The fraction of sp³-hybridized carbons (Fsp3) is 0.750. The largest absolute Gasteiger partial charge is 0.338 e. The van der Waals surface area contributed by atoms with Gasteiger partial charge in [-0.15, -0.1) is 0 Å². The second-order valence-corrected chi connectivity index (χ2v) is 8.27. The number of H-pyrrole nitrogens is 1. The monoisotopic (exact) mass is 332 g/mol. The number of hydrogen-bond acceptors (Lipinski definition) is 6. The molecule has 1 N–H and O–H groups in total. The zero-order valence-electron chi connectivity index (χ0n) is 12.0. The van der Waals surface area contributed by atoms with Gasteiger partial charge in [0.2, 0.25) is 5.91 Å². The Morgan fingerprint density at radius 2 is 2.38 bits per heavy atom. The summed E-state index contributed by atoms with van der Waals surface area (Å²) in [5.41, 5.74) is 0. The van der Waals surface area contributed by atoms with Gasteiger partial charge in [-0.3, -0.25) is 9.89 Å². The van der Waals surface area contributed by atoms with E-state index < -0.39 is 9.84 Å². The molecule has 0 bridgehead atoms. The van der Waals surface area contributed by atoms with E-state index in [-0.39, 0.29) is 29.2 Å². The van der Waals surface area contributed by atoms with Crippen molar-refractivity contribution in [3.63, 3.8) is 0 Å². The lowest BCUT2D eigenvalue weighted by Crippen LogP contribution is -2.42. The van der Waals surface area contributed by atoms with E-state index in [0.717, 1.165) is 12.8 Å². The fourth-order valence-corrected chi connectivity index (χ4v) is 4.73. The lowest BCUT2D eigenvalue weighted by atomic mass is 10.2. The summed E-state index contributed by atoms with van der Waals surface area (Å²) in [6.07, 6.45) is 3.80. The SMILES string of the molecule is CCCCN(C(=O)CSc1ncn[nH]1)[C@H]1CCS(=O)(=O)C1. The summed E-state index contributed by atoms with van der Waals surface area (Å²) in [6.45, 7) is 2.67. The zero-order chi connectivity index (χ0) is 15.3. The number of hydrogen-bond donors (Lipinski definition) is 1. The van der Waals surface area contributed by atoms with E-state index >= 15 is 0 Å². The molecule has 1 aromatic rings. The number of rotatable bonds is 7. The molecule has 2 heterocycles. The molecule has 118 valence electrons.